The highest BCUT2D eigenvalue weighted by molar-refractivity contribution is 6.16. The zero-order valence-electron chi connectivity index (χ0n) is 28.0. The van der Waals surface area contributed by atoms with E-state index in [2.05, 4.69) is 179 Å². The Morgan fingerprint density at radius 3 is 1.81 bits per heavy atom. The Hall–Kier alpha value is -7.04. The SMILES string of the molecule is c1ccc(-n2c3ccccc3c3cc(-c4ccc5c(c4)c4cc6ccccc6cc4n5-c4nc5c6c(cccc6n4)-c4ccccc4-5)ccc32)cc1. The Balaban J connectivity index is 1.11. The molecule has 0 spiro atoms. The lowest BCUT2D eigenvalue weighted by Crippen LogP contribution is -2.02. The lowest BCUT2D eigenvalue weighted by atomic mass is 10.00. The molecular weight excluding hydrogens is 633 g/mol. The summed E-state index contributed by atoms with van der Waals surface area (Å²) < 4.78 is 4.63. The third kappa shape index (κ3) is 3.75. The van der Waals surface area contributed by atoms with Crippen LogP contribution in [0, 0.1) is 0 Å². The van der Waals surface area contributed by atoms with Gasteiger partial charge in [0.25, 0.3) is 0 Å². The van der Waals surface area contributed by atoms with Gasteiger partial charge in [-0.3, -0.25) is 4.57 Å². The van der Waals surface area contributed by atoms with Crippen molar-refractivity contribution in [3.63, 3.8) is 0 Å². The minimum atomic E-state index is 0.689. The molecule has 0 aliphatic heterocycles. The summed E-state index contributed by atoms with van der Waals surface area (Å²) in [7, 11) is 0. The average Bonchev–Trinajstić information content (AvgIpc) is 3.83. The standard InChI is InChI=1S/C48H28N4/c1-2-13-33(14-3-1)51-42-20-9-8-16-35(42)38-26-31(21-23-43(38)51)32-22-24-44-39(27-32)40-25-29-11-4-5-12-30(29)28-45(40)52(44)48-49-41-19-10-18-36-34-15-6-7-17-37(34)47(50-48)46(36)41/h1-28H. The molecule has 240 valence electrons. The molecule has 0 N–H and O–H groups in total. The number of rotatable bonds is 3. The quantitative estimate of drug-likeness (QED) is 0.189. The maximum atomic E-state index is 5.36. The number of benzene rings is 8. The third-order valence-electron chi connectivity index (χ3n) is 11.0. The van der Waals surface area contributed by atoms with Crippen molar-refractivity contribution in [2.75, 3.05) is 0 Å². The summed E-state index contributed by atoms with van der Waals surface area (Å²) in [6.07, 6.45) is 0. The van der Waals surface area contributed by atoms with E-state index in [4.69, 9.17) is 9.97 Å². The van der Waals surface area contributed by atoms with E-state index in [1.807, 2.05) is 0 Å². The van der Waals surface area contributed by atoms with Gasteiger partial charge < -0.3 is 4.57 Å². The first-order chi connectivity index (χ1) is 25.8. The van der Waals surface area contributed by atoms with Crippen LogP contribution < -0.4 is 0 Å². The molecule has 0 saturated heterocycles. The van der Waals surface area contributed by atoms with Gasteiger partial charge in [0.1, 0.15) is 0 Å². The fourth-order valence-corrected chi connectivity index (χ4v) is 8.72. The van der Waals surface area contributed by atoms with Crippen molar-refractivity contribution in [2.45, 2.75) is 0 Å². The smallest absolute Gasteiger partial charge is 0.235 e. The summed E-state index contributed by atoms with van der Waals surface area (Å²) in [5.74, 6) is 0.689. The van der Waals surface area contributed by atoms with Gasteiger partial charge in [0.2, 0.25) is 5.95 Å². The summed E-state index contributed by atoms with van der Waals surface area (Å²) in [6, 6.07) is 61.3. The summed E-state index contributed by atoms with van der Waals surface area (Å²) in [5, 5.41) is 8.39. The molecule has 0 fully saturated rings. The van der Waals surface area contributed by atoms with Gasteiger partial charge in [0.15, 0.2) is 0 Å². The molecule has 0 bridgehead atoms. The Morgan fingerprint density at radius 1 is 0.365 bits per heavy atom. The van der Waals surface area contributed by atoms with Gasteiger partial charge in [-0.05, 0) is 93.7 Å². The third-order valence-corrected chi connectivity index (χ3v) is 11.0. The molecule has 4 heteroatoms. The van der Waals surface area contributed by atoms with Crippen LogP contribution in [0.15, 0.2) is 170 Å². The number of hydrogen-bond acceptors (Lipinski definition) is 2. The van der Waals surface area contributed by atoms with Crippen molar-refractivity contribution in [1.82, 2.24) is 19.1 Å². The zero-order chi connectivity index (χ0) is 33.9. The second-order valence-electron chi connectivity index (χ2n) is 13.8. The molecule has 0 saturated carbocycles. The van der Waals surface area contributed by atoms with Crippen LogP contribution in [0.3, 0.4) is 0 Å². The number of para-hydroxylation sites is 2. The monoisotopic (exact) mass is 660 g/mol. The lowest BCUT2D eigenvalue weighted by Gasteiger charge is -2.10. The van der Waals surface area contributed by atoms with Gasteiger partial charge in [-0.2, -0.15) is 0 Å². The first-order valence-corrected chi connectivity index (χ1v) is 17.8. The van der Waals surface area contributed by atoms with Crippen LogP contribution in [0.5, 0.6) is 0 Å². The summed E-state index contributed by atoms with van der Waals surface area (Å²) in [5.41, 5.74) is 13.7. The molecule has 3 heterocycles. The van der Waals surface area contributed by atoms with Crippen LogP contribution in [-0.2, 0) is 0 Å². The second kappa shape index (κ2) is 10.3. The van der Waals surface area contributed by atoms with Crippen LogP contribution in [0.25, 0.3) is 110 Å². The second-order valence-corrected chi connectivity index (χ2v) is 13.8. The van der Waals surface area contributed by atoms with Gasteiger partial charge in [-0.25, -0.2) is 9.97 Å². The van der Waals surface area contributed by atoms with Crippen molar-refractivity contribution in [1.29, 1.82) is 0 Å². The molecule has 0 unspecified atom stereocenters. The first kappa shape index (κ1) is 27.7. The highest BCUT2D eigenvalue weighted by Gasteiger charge is 2.25. The van der Waals surface area contributed by atoms with E-state index >= 15 is 0 Å². The fraction of sp³-hybridized carbons (Fsp3) is 0. The molecule has 1 aliphatic rings. The van der Waals surface area contributed by atoms with Crippen molar-refractivity contribution in [3.8, 4) is 45.1 Å². The molecule has 52 heavy (non-hydrogen) atoms. The van der Waals surface area contributed by atoms with Gasteiger partial charge in [0, 0.05) is 38.2 Å². The van der Waals surface area contributed by atoms with Gasteiger partial charge in [-0.15, -0.1) is 0 Å². The van der Waals surface area contributed by atoms with E-state index in [1.165, 1.54) is 65.6 Å². The van der Waals surface area contributed by atoms with Gasteiger partial charge in [-0.1, -0.05) is 109 Å². The molecule has 8 aromatic carbocycles. The number of aromatic nitrogens is 4. The molecule has 0 atom stereocenters. The van der Waals surface area contributed by atoms with E-state index in [0.29, 0.717) is 5.95 Å². The lowest BCUT2D eigenvalue weighted by molar-refractivity contribution is 1.02. The number of nitrogens with zero attached hydrogens (tertiary/aromatic N) is 4. The Bertz CT molecular complexity index is 3290. The minimum absolute atomic E-state index is 0.689. The maximum absolute atomic E-state index is 5.36. The fourth-order valence-electron chi connectivity index (χ4n) is 8.72. The molecule has 3 aromatic heterocycles. The molecular formula is C48H28N4. The Morgan fingerprint density at radius 2 is 0.981 bits per heavy atom. The van der Waals surface area contributed by atoms with Crippen LogP contribution >= 0.6 is 0 Å². The van der Waals surface area contributed by atoms with Crippen LogP contribution in [0.1, 0.15) is 0 Å². The zero-order valence-corrected chi connectivity index (χ0v) is 28.0. The minimum Gasteiger partial charge on any atom is -0.309 e. The highest BCUT2D eigenvalue weighted by atomic mass is 15.2. The highest BCUT2D eigenvalue weighted by Crippen LogP contribution is 2.46. The van der Waals surface area contributed by atoms with Crippen LogP contribution in [-0.4, -0.2) is 19.1 Å². The molecule has 0 radical (unpaired) electrons. The predicted molar refractivity (Wildman–Crippen MR) is 216 cm³/mol. The van der Waals surface area contributed by atoms with Crippen molar-refractivity contribution in [2.24, 2.45) is 0 Å². The molecule has 11 aromatic rings. The number of hydrogen-bond donors (Lipinski definition) is 0. The Kier molecular flexibility index (Phi) is 5.47. The van der Waals surface area contributed by atoms with E-state index < -0.39 is 0 Å². The normalized spacial score (nSPS) is 12.2. The summed E-state index contributed by atoms with van der Waals surface area (Å²) in [4.78, 5) is 10.6. The van der Waals surface area contributed by atoms with Crippen molar-refractivity contribution < 1.29 is 0 Å². The van der Waals surface area contributed by atoms with Crippen molar-refractivity contribution >= 4 is 65.3 Å². The average molecular weight is 661 g/mol. The maximum Gasteiger partial charge on any atom is 0.235 e. The number of fused-ring (bicyclic) bond motifs is 10. The van der Waals surface area contributed by atoms with E-state index in [0.717, 1.165) is 38.9 Å². The van der Waals surface area contributed by atoms with E-state index in [9.17, 15) is 0 Å². The molecule has 1 aliphatic carbocycles. The topological polar surface area (TPSA) is 35.6 Å². The van der Waals surface area contributed by atoms with Gasteiger partial charge in [0.05, 0.1) is 33.3 Å². The largest absolute Gasteiger partial charge is 0.309 e. The van der Waals surface area contributed by atoms with E-state index in [1.54, 1.807) is 0 Å². The van der Waals surface area contributed by atoms with Crippen molar-refractivity contribution in [3.05, 3.63) is 170 Å². The summed E-state index contributed by atoms with van der Waals surface area (Å²) >= 11 is 0. The Labute approximate surface area is 298 Å². The van der Waals surface area contributed by atoms with Gasteiger partial charge >= 0.3 is 0 Å². The summed E-state index contributed by atoms with van der Waals surface area (Å²) in [6.45, 7) is 0. The molecule has 4 nitrogen and oxygen atoms in total. The van der Waals surface area contributed by atoms with Crippen LogP contribution in [0.4, 0.5) is 0 Å². The van der Waals surface area contributed by atoms with Crippen LogP contribution in [0.2, 0.25) is 0 Å². The van der Waals surface area contributed by atoms with E-state index in [-0.39, 0.29) is 0 Å². The molecule has 12 rings (SSSR count). The predicted octanol–water partition coefficient (Wildman–Crippen LogP) is 12.3. The molecule has 0 amide bonds. The first-order valence-electron chi connectivity index (χ1n) is 17.8.